The van der Waals surface area contributed by atoms with E-state index in [-0.39, 0.29) is 24.6 Å². The molecule has 0 saturated heterocycles. The maximum absolute atomic E-state index is 12.3. The molecular formula is C16H21N3O2. The van der Waals surface area contributed by atoms with Crippen LogP contribution in [0.1, 0.15) is 27.7 Å². The lowest BCUT2D eigenvalue weighted by molar-refractivity contribution is -0.137. The van der Waals surface area contributed by atoms with E-state index in [4.69, 9.17) is 4.74 Å². The average Bonchev–Trinajstić information content (AvgIpc) is 2.44. The summed E-state index contributed by atoms with van der Waals surface area (Å²) in [5, 5.41) is 9.70. The van der Waals surface area contributed by atoms with Crippen molar-refractivity contribution in [3.63, 3.8) is 0 Å². The highest BCUT2D eigenvalue weighted by Gasteiger charge is 2.20. The van der Waals surface area contributed by atoms with E-state index in [0.717, 1.165) is 10.8 Å². The second-order valence-electron chi connectivity index (χ2n) is 5.51. The Bertz CT molecular complexity index is 612. The van der Waals surface area contributed by atoms with Gasteiger partial charge < -0.3 is 9.64 Å². The van der Waals surface area contributed by atoms with Crippen molar-refractivity contribution in [1.82, 2.24) is 15.1 Å². The monoisotopic (exact) mass is 287 g/mol. The summed E-state index contributed by atoms with van der Waals surface area (Å²) in [5.41, 5.74) is 0. The number of fused-ring (bicyclic) bond motifs is 1. The van der Waals surface area contributed by atoms with Gasteiger partial charge in [0, 0.05) is 22.9 Å². The van der Waals surface area contributed by atoms with Gasteiger partial charge in [0.05, 0.1) is 6.20 Å². The fraction of sp³-hybridized carbons (Fsp3) is 0.438. The summed E-state index contributed by atoms with van der Waals surface area (Å²) in [6, 6.07) is 7.96. The molecule has 0 unspecified atom stereocenters. The third-order valence-corrected chi connectivity index (χ3v) is 3.27. The summed E-state index contributed by atoms with van der Waals surface area (Å²) >= 11 is 0. The molecule has 0 bridgehead atoms. The number of carbonyl (C=O) groups is 1. The number of amides is 1. The van der Waals surface area contributed by atoms with Crippen molar-refractivity contribution < 1.29 is 9.53 Å². The lowest BCUT2D eigenvalue weighted by Crippen LogP contribution is -2.44. The SMILES string of the molecule is CC(C)N(C(=O)COc1nncc2ccccc12)C(C)C. The number of hydrogen-bond acceptors (Lipinski definition) is 4. The molecule has 0 aliphatic heterocycles. The van der Waals surface area contributed by atoms with E-state index < -0.39 is 0 Å². The third kappa shape index (κ3) is 3.48. The Labute approximate surface area is 124 Å². The molecule has 112 valence electrons. The second kappa shape index (κ2) is 6.52. The van der Waals surface area contributed by atoms with Crippen LogP contribution in [-0.4, -0.2) is 39.7 Å². The van der Waals surface area contributed by atoms with Crippen LogP contribution in [0.25, 0.3) is 10.8 Å². The maximum Gasteiger partial charge on any atom is 0.261 e. The zero-order valence-electron chi connectivity index (χ0n) is 12.9. The predicted molar refractivity (Wildman–Crippen MR) is 82.2 cm³/mol. The molecule has 1 heterocycles. The zero-order chi connectivity index (χ0) is 15.4. The van der Waals surface area contributed by atoms with Crippen LogP contribution >= 0.6 is 0 Å². The number of ether oxygens (including phenoxy) is 1. The first-order chi connectivity index (χ1) is 10.0. The van der Waals surface area contributed by atoms with Crippen LogP contribution in [0.5, 0.6) is 5.88 Å². The first kappa shape index (κ1) is 15.2. The van der Waals surface area contributed by atoms with Crippen molar-refractivity contribution >= 4 is 16.7 Å². The molecule has 2 rings (SSSR count). The van der Waals surface area contributed by atoms with Crippen molar-refractivity contribution in [3.8, 4) is 5.88 Å². The number of aromatic nitrogens is 2. The molecular weight excluding hydrogens is 266 g/mol. The Morgan fingerprint density at radius 1 is 1.19 bits per heavy atom. The zero-order valence-corrected chi connectivity index (χ0v) is 12.9. The highest BCUT2D eigenvalue weighted by Crippen LogP contribution is 2.21. The molecule has 0 spiro atoms. The second-order valence-corrected chi connectivity index (χ2v) is 5.51. The van der Waals surface area contributed by atoms with Gasteiger partial charge in [-0.2, -0.15) is 5.10 Å². The molecule has 0 atom stereocenters. The van der Waals surface area contributed by atoms with E-state index in [0.29, 0.717) is 5.88 Å². The van der Waals surface area contributed by atoms with E-state index in [1.54, 1.807) is 11.1 Å². The normalized spacial score (nSPS) is 11.1. The van der Waals surface area contributed by atoms with Gasteiger partial charge in [0.25, 0.3) is 5.91 Å². The quantitative estimate of drug-likeness (QED) is 0.848. The van der Waals surface area contributed by atoms with Crippen LogP contribution in [0.3, 0.4) is 0 Å². The molecule has 1 aromatic heterocycles. The maximum atomic E-state index is 12.3. The Balaban J connectivity index is 2.13. The first-order valence-corrected chi connectivity index (χ1v) is 7.15. The fourth-order valence-electron chi connectivity index (χ4n) is 2.49. The van der Waals surface area contributed by atoms with Crippen molar-refractivity contribution in [3.05, 3.63) is 30.5 Å². The van der Waals surface area contributed by atoms with Crippen molar-refractivity contribution in [2.45, 2.75) is 39.8 Å². The van der Waals surface area contributed by atoms with Crippen LogP contribution < -0.4 is 4.74 Å². The third-order valence-electron chi connectivity index (χ3n) is 3.27. The molecule has 21 heavy (non-hydrogen) atoms. The molecule has 0 fully saturated rings. The van der Waals surface area contributed by atoms with Crippen LogP contribution in [0.15, 0.2) is 30.5 Å². The molecule has 0 aliphatic carbocycles. The molecule has 1 amide bonds. The van der Waals surface area contributed by atoms with Gasteiger partial charge in [0.15, 0.2) is 6.61 Å². The van der Waals surface area contributed by atoms with E-state index in [1.165, 1.54) is 0 Å². The van der Waals surface area contributed by atoms with Gasteiger partial charge in [-0.05, 0) is 33.8 Å². The Hall–Kier alpha value is -2.17. The smallest absolute Gasteiger partial charge is 0.261 e. The molecule has 5 heteroatoms. The van der Waals surface area contributed by atoms with Crippen LogP contribution in [0.4, 0.5) is 0 Å². The molecule has 0 saturated carbocycles. The predicted octanol–water partition coefficient (Wildman–Crippen LogP) is 2.65. The minimum atomic E-state index is -0.0465. The number of nitrogens with zero attached hydrogens (tertiary/aromatic N) is 3. The number of rotatable bonds is 5. The minimum Gasteiger partial charge on any atom is -0.466 e. The van der Waals surface area contributed by atoms with Gasteiger partial charge in [-0.3, -0.25) is 4.79 Å². The summed E-state index contributed by atoms with van der Waals surface area (Å²) in [6.45, 7) is 7.95. The minimum absolute atomic E-state index is 0.0287. The number of carbonyl (C=O) groups excluding carboxylic acids is 1. The Morgan fingerprint density at radius 2 is 1.86 bits per heavy atom. The van der Waals surface area contributed by atoms with Crippen molar-refractivity contribution in [2.75, 3.05) is 6.61 Å². The molecule has 0 N–H and O–H groups in total. The molecule has 5 nitrogen and oxygen atoms in total. The van der Waals surface area contributed by atoms with Gasteiger partial charge in [-0.25, -0.2) is 0 Å². The lowest BCUT2D eigenvalue weighted by atomic mass is 10.2. The highest BCUT2D eigenvalue weighted by atomic mass is 16.5. The summed E-state index contributed by atoms with van der Waals surface area (Å²) < 4.78 is 5.60. The van der Waals surface area contributed by atoms with Crippen molar-refractivity contribution in [2.24, 2.45) is 0 Å². The van der Waals surface area contributed by atoms with Crippen molar-refractivity contribution in [1.29, 1.82) is 0 Å². The lowest BCUT2D eigenvalue weighted by Gasteiger charge is -2.30. The van der Waals surface area contributed by atoms with E-state index in [1.807, 2.05) is 52.0 Å². The largest absolute Gasteiger partial charge is 0.466 e. The standard InChI is InChI=1S/C16H21N3O2/c1-11(2)19(12(3)4)15(20)10-21-16-14-8-6-5-7-13(14)9-17-18-16/h5-9,11-12H,10H2,1-4H3. The van der Waals surface area contributed by atoms with Crippen LogP contribution in [0, 0.1) is 0 Å². The molecule has 0 radical (unpaired) electrons. The van der Waals surface area contributed by atoms with Gasteiger partial charge in [0.2, 0.25) is 5.88 Å². The van der Waals surface area contributed by atoms with E-state index in [9.17, 15) is 4.79 Å². The molecule has 2 aromatic rings. The summed E-state index contributed by atoms with van der Waals surface area (Å²) in [5.74, 6) is 0.351. The van der Waals surface area contributed by atoms with E-state index >= 15 is 0 Å². The van der Waals surface area contributed by atoms with Gasteiger partial charge in [-0.15, -0.1) is 5.10 Å². The van der Waals surface area contributed by atoms with Crippen LogP contribution in [0.2, 0.25) is 0 Å². The average molecular weight is 287 g/mol. The van der Waals surface area contributed by atoms with E-state index in [2.05, 4.69) is 10.2 Å². The summed E-state index contributed by atoms with van der Waals surface area (Å²) in [7, 11) is 0. The molecule has 1 aromatic carbocycles. The summed E-state index contributed by atoms with van der Waals surface area (Å²) in [4.78, 5) is 14.1. The van der Waals surface area contributed by atoms with Crippen LogP contribution in [-0.2, 0) is 4.79 Å². The first-order valence-electron chi connectivity index (χ1n) is 7.15. The molecule has 0 aliphatic rings. The van der Waals surface area contributed by atoms with Gasteiger partial charge in [-0.1, -0.05) is 18.2 Å². The van der Waals surface area contributed by atoms with Gasteiger partial charge >= 0.3 is 0 Å². The Kier molecular flexibility index (Phi) is 4.73. The Morgan fingerprint density at radius 3 is 2.52 bits per heavy atom. The number of hydrogen-bond donors (Lipinski definition) is 0. The number of benzene rings is 1. The fourth-order valence-corrected chi connectivity index (χ4v) is 2.49. The topological polar surface area (TPSA) is 55.3 Å². The highest BCUT2D eigenvalue weighted by molar-refractivity contribution is 5.86. The van der Waals surface area contributed by atoms with Gasteiger partial charge in [0.1, 0.15) is 0 Å². The summed E-state index contributed by atoms with van der Waals surface area (Å²) in [6.07, 6.45) is 1.68.